The van der Waals surface area contributed by atoms with E-state index in [0.29, 0.717) is 36.5 Å². The van der Waals surface area contributed by atoms with Crippen molar-refractivity contribution in [2.75, 3.05) is 0 Å². The van der Waals surface area contributed by atoms with Gasteiger partial charge in [0.05, 0.1) is 5.56 Å². The number of aromatic nitrogens is 3. The molecule has 5 aromatic rings. The van der Waals surface area contributed by atoms with E-state index in [1.54, 1.807) is 0 Å². The van der Waals surface area contributed by atoms with Gasteiger partial charge in [0.1, 0.15) is 5.75 Å². The van der Waals surface area contributed by atoms with Crippen LogP contribution in [0, 0.1) is 13.8 Å². The lowest BCUT2D eigenvalue weighted by Gasteiger charge is -2.13. The molecule has 0 fully saturated rings. The summed E-state index contributed by atoms with van der Waals surface area (Å²) in [6.07, 6.45) is 0. The molecule has 159 valence electrons. The van der Waals surface area contributed by atoms with Crippen molar-refractivity contribution in [2.24, 2.45) is 0 Å². The Morgan fingerprint density at radius 3 is 1.64 bits per heavy atom. The Morgan fingerprint density at radius 2 is 1.12 bits per heavy atom. The first-order valence-corrected chi connectivity index (χ1v) is 10.7. The van der Waals surface area contributed by atoms with Gasteiger partial charge in [0.2, 0.25) is 0 Å². The van der Waals surface area contributed by atoms with Gasteiger partial charge >= 0.3 is 7.69 Å². The molecule has 6 heteroatoms. The molecule has 0 saturated heterocycles. The van der Waals surface area contributed by atoms with Crippen LogP contribution in [0.5, 0.6) is 5.75 Å². The maximum atomic E-state index is 9.38. The first-order chi connectivity index (χ1) is 16.1. The first-order valence-electron chi connectivity index (χ1n) is 10.7. The molecule has 1 radical (unpaired) electrons. The van der Waals surface area contributed by atoms with E-state index in [-0.39, 0.29) is 0 Å². The Kier molecular flexibility index (Phi) is 5.59. The van der Waals surface area contributed by atoms with E-state index in [2.05, 4.69) is 0 Å². The van der Waals surface area contributed by atoms with Gasteiger partial charge in [-0.15, -0.1) is 0 Å². The highest BCUT2D eigenvalue weighted by Gasteiger charge is 2.16. The molecule has 0 aliphatic heterocycles. The van der Waals surface area contributed by atoms with Crippen molar-refractivity contribution in [3.63, 3.8) is 0 Å². The average molecular weight is 430 g/mol. The maximum absolute atomic E-state index is 9.38. The fourth-order valence-electron chi connectivity index (χ4n) is 3.71. The molecule has 1 heterocycles. The number of hydrogen-bond donors (Lipinski definition) is 1. The van der Waals surface area contributed by atoms with E-state index in [9.17, 15) is 5.02 Å². The lowest BCUT2D eigenvalue weighted by atomic mass is 10.0. The lowest BCUT2D eigenvalue weighted by molar-refractivity contribution is 0.455. The van der Waals surface area contributed by atoms with Crippen LogP contribution in [0.2, 0.25) is 0 Å². The Labute approximate surface area is 193 Å². The molecule has 0 amide bonds. The lowest BCUT2D eigenvalue weighted by Crippen LogP contribution is -2.04. The molecular weight excluding hydrogens is 409 g/mol. The molecule has 0 atom stereocenters. The fourth-order valence-corrected chi connectivity index (χ4v) is 3.71. The number of benzene rings is 4. The molecule has 0 aliphatic carbocycles. The summed E-state index contributed by atoms with van der Waals surface area (Å²) in [5.74, 6) is 2.08. The molecule has 0 saturated carbocycles. The summed E-state index contributed by atoms with van der Waals surface area (Å²) in [4.78, 5) is 14.4. The normalized spacial score (nSPS) is 10.9. The number of aryl methyl sites for hydroxylation is 2. The van der Waals surface area contributed by atoms with Crippen molar-refractivity contribution in [2.45, 2.75) is 13.8 Å². The van der Waals surface area contributed by atoms with Crippen LogP contribution in [0.4, 0.5) is 0 Å². The van der Waals surface area contributed by atoms with Crippen LogP contribution >= 0.6 is 0 Å². The van der Waals surface area contributed by atoms with E-state index >= 15 is 0 Å². The van der Waals surface area contributed by atoms with Crippen LogP contribution in [-0.4, -0.2) is 27.7 Å². The molecule has 5 rings (SSSR count). The highest BCUT2D eigenvalue weighted by atomic mass is 16.5. The third-order valence-electron chi connectivity index (χ3n) is 5.52. The second kappa shape index (κ2) is 8.84. The van der Waals surface area contributed by atoms with Gasteiger partial charge in [-0.2, -0.15) is 0 Å². The Hall–Kier alpha value is -4.03. The molecule has 1 aromatic heterocycles. The van der Waals surface area contributed by atoms with Crippen LogP contribution in [0.15, 0.2) is 84.9 Å². The average Bonchev–Trinajstić information content (AvgIpc) is 2.84. The minimum absolute atomic E-state index is 0.465. The Balaban J connectivity index is 1.75. The minimum atomic E-state index is 0.465. The molecule has 0 bridgehead atoms. The number of rotatable bonds is 5. The summed E-state index contributed by atoms with van der Waals surface area (Å²) < 4.78 is 5.45. The van der Waals surface area contributed by atoms with Crippen molar-refractivity contribution < 1.29 is 9.68 Å². The van der Waals surface area contributed by atoms with Crippen molar-refractivity contribution in [1.29, 1.82) is 0 Å². The molecule has 1 N–H and O–H groups in total. The van der Waals surface area contributed by atoms with Gasteiger partial charge in [0.25, 0.3) is 0 Å². The molecule has 33 heavy (non-hydrogen) atoms. The van der Waals surface area contributed by atoms with Crippen LogP contribution in [0.3, 0.4) is 0 Å². The second-order valence-electron chi connectivity index (χ2n) is 7.96. The summed E-state index contributed by atoms with van der Waals surface area (Å²) in [5.41, 5.74) is 4.79. The zero-order valence-corrected chi connectivity index (χ0v) is 18.4. The molecule has 5 nitrogen and oxygen atoms in total. The number of nitrogens with zero attached hydrogens (tertiary/aromatic N) is 3. The van der Waals surface area contributed by atoms with Crippen LogP contribution < -0.4 is 4.65 Å². The van der Waals surface area contributed by atoms with Crippen LogP contribution in [0.25, 0.3) is 44.9 Å². The summed E-state index contributed by atoms with van der Waals surface area (Å²) in [7, 11) is 0.677. The zero-order chi connectivity index (χ0) is 22.8. The van der Waals surface area contributed by atoms with E-state index in [0.717, 1.165) is 33.0 Å². The minimum Gasteiger partial charge on any atom is -0.537 e. The van der Waals surface area contributed by atoms with E-state index in [1.165, 1.54) is 0 Å². The predicted molar refractivity (Wildman–Crippen MR) is 132 cm³/mol. The molecular formula is C27H21BN3O2. The molecule has 0 unspecified atom stereocenters. The number of hydrogen-bond acceptors (Lipinski definition) is 5. The summed E-state index contributed by atoms with van der Waals surface area (Å²) in [6.45, 7) is 4.09. The van der Waals surface area contributed by atoms with Gasteiger partial charge in [-0.1, -0.05) is 83.9 Å². The number of fused-ring (bicyclic) bond motifs is 1. The van der Waals surface area contributed by atoms with Crippen molar-refractivity contribution in [3.8, 4) is 39.9 Å². The Morgan fingerprint density at radius 1 is 0.636 bits per heavy atom. The summed E-state index contributed by atoms with van der Waals surface area (Å²) in [5, 5.41) is 11.4. The van der Waals surface area contributed by atoms with Crippen LogP contribution in [-0.2, 0) is 0 Å². The van der Waals surface area contributed by atoms with Gasteiger partial charge in [0.15, 0.2) is 17.5 Å². The van der Waals surface area contributed by atoms with Crippen LogP contribution in [0.1, 0.15) is 11.1 Å². The van der Waals surface area contributed by atoms with Crippen molar-refractivity contribution in [3.05, 3.63) is 96.1 Å². The summed E-state index contributed by atoms with van der Waals surface area (Å²) >= 11 is 0. The highest BCUT2D eigenvalue weighted by Crippen LogP contribution is 2.34. The smallest absolute Gasteiger partial charge is 0.537 e. The van der Waals surface area contributed by atoms with Gasteiger partial charge in [-0.05, 0) is 36.8 Å². The van der Waals surface area contributed by atoms with Crippen molar-refractivity contribution in [1.82, 2.24) is 15.0 Å². The highest BCUT2D eigenvalue weighted by molar-refractivity contribution is 6.17. The van der Waals surface area contributed by atoms with E-state index < -0.39 is 0 Å². The van der Waals surface area contributed by atoms with Gasteiger partial charge < -0.3 is 9.68 Å². The molecule has 0 aliphatic rings. The third kappa shape index (κ3) is 4.34. The fraction of sp³-hybridized carbons (Fsp3) is 0.0741. The standard InChI is InChI=1S/C27H21BN3O2/c1-17-7-11-19(12-8-17)25-29-26(20-13-9-18(2)10-14-20)31-27(30-25)23-15-21-5-3-4-6-22(21)16-24(23)33-28-32/h3-16,32H,1-2H3. The third-order valence-corrected chi connectivity index (χ3v) is 5.52. The Bertz CT molecular complexity index is 1370. The SMILES string of the molecule is Cc1ccc(-c2nc(-c3ccc(C)cc3)nc(-c3cc4ccccc4cc3O[B]O)n2)cc1. The zero-order valence-electron chi connectivity index (χ0n) is 18.4. The molecule has 0 spiro atoms. The van der Waals surface area contributed by atoms with E-state index in [1.807, 2.05) is 98.8 Å². The van der Waals surface area contributed by atoms with Gasteiger partial charge in [-0.3, -0.25) is 0 Å². The van der Waals surface area contributed by atoms with Gasteiger partial charge in [-0.25, -0.2) is 15.0 Å². The predicted octanol–water partition coefficient (Wildman–Crippen LogP) is 5.55. The second-order valence-corrected chi connectivity index (χ2v) is 7.96. The quantitative estimate of drug-likeness (QED) is 0.371. The molecule has 4 aromatic carbocycles. The monoisotopic (exact) mass is 430 g/mol. The summed E-state index contributed by atoms with van der Waals surface area (Å²) in [6, 6.07) is 28.0. The van der Waals surface area contributed by atoms with Gasteiger partial charge in [0, 0.05) is 11.1 Å². The first kappa shape index (κ1) is 20.9. The van der Waals surface area contributed by atoms with Crippen molar-refractivity contribution >= 4 is 18.5 Å². The maximum Gasteiger partial charge on any atom is 0.569 e. The van der Waals surface area contributed by atoms with E-state index in [4.69, 9.17) is 19.6 Å². The largest absolute Gasteiger partial charge is 0.569 e. The topological polar surface area (TPSA) is 68.1 Å².